The first kappa shape index (κ1) is 17.1. The first-order valence-electron chi connectivity index (χ1n) is 6.82. The van der Waals surface area contributed by atoms with Gasteiger partial charge in [0, 0.05) is 18.2 Å². The SMILES string of the molecule is Cc1ccc(S(=O)(=O)CCC(=O)Nc2ccc(F)c(F)c2)cc1. The predicted molar refractivity (Wildman–Crippen MR) is 82.8 cm³/mol. The van der Waals surface area contributed by atoms with Gasteiger partial charge in [0.05, 0.1) is 10.6 Å². The lowest BCUT2D eigenvalue weighted by molar-refractivity contribution is -0.115. The molecule has 0 fully saturated rings. The van der Waals surface area contributed by atoms with Crippen molar-refractivity contribution in [1.82, 2.24) is 0 Å². The van der Waals surface area contributed by atoms with E-state index >= 15 is 0 Å². The van der Waals surface area contributed by atoms with Crippen LogP contribution in [0.2, 0.25) is 0 Å². The Bertz CT molecular complexity index is 818. The molecule has 0 atom stereocenters. The zero-order chi connectivity index (χ0) is 17.0. The van der Waals surface area contributed by atoms with E-state index in [-0.39, 0.29) is 22.8 Å². The first-order chi connectivity index (χ1) is 10.8. The second-order valence-electron chi connectivity index (χ2n) is 5.06. The summed E-state index contributed by atoms with van der Waals surface area (Å²) < 4.78 is 50.0. The normalized spacial score (nSPS) is 11.3. The third kappa shape index (κ3) is 4.59. The van der Waals surface area contributed by atoms with Gasteiger partial charge in [-0.3, -0.25) is 4.79 Å². The molecular weight excluding hydrogens is 324 g/mol. The Labute approximate surface area is 133 Å². The fraction of sp³-hybridized carbons (Fsp3) is 0.188. The number of sulfone groups is 1. The molecule has 1 N–H and O–H groups in total. The van der Waals surface area contributed by atoms with Crippen LogP contribution in [0.15, 0.2) is 47.4 Å². The van der Waals surface area contributed by atoms with E-state index < -0.39 is 27.4 Å². The van der Waals surface area contributed by atoms with Crippen LogP contribution in [-0.4, -0.2) is 20.1 Å². The molecular formula is C16H15F2NO3S. The Morgan fingerprint density at radius 3 is 2.30 bits per heavy atom. The number of rotatable bonds is 5. The Morgan fingerprint density at radius 2 is 1.70 bits per heavy atom. The van der Waals surface area contributed by atoms with Gasteiger partial charge in [0.1, 0.15) is 0 Å². The van der Waals surface area contributed by atoms with Crippen molar-refractivity contribution in [2.45, 2.75) is 18.2 Å². The van der Waals surface area contributed by atoms with E-state index in [0.717, 1.165) is 17.7 Å². The minimum absolute atomic E-state index is 0.0710. The predicted octanol–water partition coefficient (Wildman–Crippen LogP) is 3.08. The summed E-state index contributed by atoms with van der Waals surface area (Å²) in [5, 5.41) is 2.33. The Hall–Kier alpha value is -2.28. The summed E-state index contributed by atoms with van der Waals surface area (Å²) in [5.74, 6) is -3.07. The largest absolute Gasteiger partial charge is 0.326 e. The third-order valence-electron chi connectivity index (χ3n) is 3.18. The molecule has 122 valence electrons. The average molecular weight is 339 g/mol. The number of hydrogen-bond acceptors (Lipinski definition) is 3. The zero-order valence-electron chi connectivity index (χ0n) is 12.3. The lowest BCUT2D eigenvalue weighted by Gasteiger charge is -2.07. The van der Waals surface area contributed by atoms with E-state index in [0.29, 0.717) is 0 Å². The standard InChI is InChI=1S/C16H15F2NO3S/c1-11-2-5-13(6-3-11)23(21,22)9-8-16(20)19-12-4-7-14(17)15(18)10-12/h2-7,10H,8-9H2,1H3,(H,19,20). The van der Waals surface area contributed by atoms with Crippen LogP contribution in [-0.2, 0) is 14.6 Å². The lowest BCUT2D eigenvalue weighted by Crippen LogP contribution is -2.17. The van der Waals surface area contributed by atoms with Gasteiger partial charge >= 0.3 is 0 Å². The van der Waals surface area contributed by atoms with Crippen molar-refractivity contribution in [1.29, 1.82) is 0 Å². The maximum atomic E-state index is 13.0. The smallest absolute Gasteiger partial charge is 0.225 e. The number of anilines is 1. The van der Waals surface area contributed by atoms with Crippen LogP contribution in [0.3, 0.4) is 0 Å². The number of nitrogens with one attached hydrogen (secondary N) is 1. The summed E-state index contributed by atoms with van der Waals surface area (Å²) in [6.07, 6.45) is -0.283. The molecule has 4 nitrogen and oxygen atoms in total. The highest BCUT2D eigenvalue weighted by Gasteiger charge is 2.16. The van der Waals surface area contributed by atoms with Crippen molar-refractivity contribution in [2.24, 2.45) is 0 Å². The Kier molecular flexibility index (Phi) is 5.10. The number of aryl methyl sites for hydroxylation is 1. The fourth-order valence-electron chi connectivity index (χ4n) is 1.89. The van der Waals surface area contributed by atoms with Crippen molar-refractivity contribution in [3.8, 4) is 0 Å². The number of halogens is 2. The summed E-state index contributed by atoms with van der Waals surface area (Å²) in [6, 6.07) is 9.23. The molecule has 2 rings (SSSR count). The van der Waals surface area contributed by atoms with E-state index in [1.165, 1.54) is 18.2 Å². The van der Waals surface area contributed by atoms with E-state index in [9.17, 15) is 22.0 Å². The van der Waals surface area contributed by atoms with Crippen molar-refractivity contribution in [2.75, 3.05) is 11.1 Å². The van der Waals surface area contributed by atoms with Crippen LogP contribution in [0, 0.1) is 18.6 Å². The van der Waals surface area contributed by atoms with Gasteiger partial charge in [-0.2, -0.15) is 0 Å². The number of carbonyl (C=O) groups is 1. The molecule has 0 unspecified atom stereocenters. The molecule has 0 aliphatic heterocycles. The quantitative estimate of drug-likeness (QED) is 0.910. The number of amides is 1. The van der Waals surface area contributed by atoms with Crippen LogP contribution in [0.1, 0.15) is 12.0 Å². The molecule has 1 amide bonds. The van der Waals surface area contributed by atoms with Crippen molar-refractivity contribution < 1.29 is 22.0 Å². The minimum Gasteiger partial charge on any atom is -0.326 e. The highest BCUT2D eigenvalue weighted by molar-refractivity contribution is 7.91. The zero-order valence-corrected chi connectivity index (χ0v) is 13.2. The summed E-state index contributed by atoms with van der Waals surface area (Å²) in [4.78, 5) is 11.9. The topological polar surface area (TPSA) is 63.2 Å². The van der Waals surface area contributed by atoms with Crippen molar-refractivity contribution >= 4 is 21.4 Å². The highest BCUT2D eigenvalue weighted by atomic mass is 32.2. The Balaban J connectivity index is 1.98. The molecule has 0 aliphatic carbocycles. The van der Waals surface area contributed by atoms with E-state index in [4.69, 9.17) is 0 Å². The second kappa shape index (κ2) is 6.87. The summed E-state index contributed by atoms with van der Waals surface area (Å²) in [7, 11) is -3.57. The number of benzene rings is 2. The molecule has 0 heterocycles. The van der Waals surface area contributed by atoms with Gasteiger partial charge in [-0.25, -0.2) is 17.2 Å². The molecule has 7 heteroatoms. The van der Waals surface area contributed by atoms with Crippen LogP contribution in [0.5, 0.6) is 0 Å². The second-order valence-corrected chi connectivity index (χ2v) is 7.17. The third-order valence-corrected chi connectivity index (χ3v) is 4.91. The van der Waals surface area contributed by atoms with Crippen LogP contribution in [0.4, 0.5) is 14.5 Å². The van der Waals surface area contributed by atoms with E-state index in [1.807, 2.05) is 6.92 Å². The van der Waals surface area contributed by atoms with Gasteiger partial charge in [0.2, 0.25) is 5.91 Å². The van der Waals surface area contributed by atoms with Crippen LogP contribution < -0.4 is 5.32 Å². The molecule has 0 bridgehead atoms. The summed E-state index contributed by atoms with van der Waals surface area (Å²) in [6.45, 7) is 1.84. The summed E-state index contributed by atoms with van der Waals surface area (Å²) in [5.41, 5.74) is 1.00. The first-order valence-corrected chi connectivity index (χ1v) is 8.47. The van der Waals surface area contributed by atoms with E-state index in [2.05, 4.69) is 5.32 Å². The van der Waals surface area contributed by atoms with Crippen LogP contribution in [0.25, 0.3) is 0 Å². The van der Waals surface area contributed by atoms with Gasteiger partial charge in [-0.1, -0.05) is 17.7 Å². The molecule has 0 saturated carbocycles. The number of hydrogen-bond donors (Lipinski definition) is 1. The van der Waals surface area contributed by atoms with Crippen molar-refractivity contribution in [3.63, 3.8) is 0 Å². The molecule has 0 aliphatic rings. The Morgan fingerprint density at radius 1 is 1.04 bits per heavy atom. The van der Waals surface area contributed by atoms with Gasteiger partial charge in [-0.05, 0) is 31.2 Å². The maximum absolute atomic E-state index is 13.0. The monoisotopic (exact) mass is 339 g/mol. The van der Waals surface area contributed by atoms with Gasteiger partial charge < -0.3 is 5.32 Å². The maximum Gasteiger partial charge on any atom is 0.225 e. The van der Waals surface area contributed by atoms with E-state index in [1.54, 1.807) is 12.1 Å². The van der Waals surface area contributed by atoms with Crippen LogP contribution >= 0.6 is 0 Å². The van der Waals surface area contributed by atoms with Crippen molar-refractivity contribution in [3.05, 3.63) is 59.7 Å². The fourth-order valence-corrected chi connectivity index (χ4v) is 3.13. The molecule has 0 radical (unpaired) electrons. The summed E-state index contributed by atoms with van der Waals surface area (Å²) >= 11 is 0. The lowest BCUT2D eigenvalue weighted by atomic mass is 10.2. The van der Waals surface area contributed by atoms with Gasteiger partial charge in [0.25, 0.3) is 0 Å². The van der Waals surface area contributed by atoms with Gasteiger partial charge in [-0.15, -0.1) is 0 Å². The minimum atomic E-state index is -3.57. The molecule has 2 aromatic rings. The molecule has 23 heavy (non-hydrogen) atoms. The molecule has 2 aromatic carbocycles. The molecule has 0 aromatic heterocycles. The molecule has 0 saturated heterocycles. The average Bonchev–Trinajstić information content (AvgIpc) is 2.50. The highest BCUT2D eigenvalue weighted by Crippen LogP contribution is 2.15. The number of carbonyl (C=O) groups excluding carboxylic acids is 1. The molecule has 0 spiro atoms. The van der Waals surface area contributed by atoms with Gasteiger partial charge in [0.15, 0.2) is 21.5 Å².